The lowest BCUT2D eigenvalue weighted by molar-refractivity contribution is -1.00. The Kier molecular flexibility index (Phi) is 6.20. The van der Waals surface area contributed by atoms with E-state index < -0.39 is 0 Å². The molecular formula is C21H29N3O+2. The second-order valence-electron chi connectivity index (χ2n) is 7.01. The minimum atomic E-state index is 0.0254. The SMILES string of the molecule is C[NH+]1CC[NH+](CCCNC(=O)c2ccc(-c3ccccc3)cc2)CC1. The van der Waals surface area contributed by atoms with E-state index in [1.807, 2.05) is 42.5 Å². The van der Waals surface area contributed by atoms with Crippen molar-refractivity contribution in [2.24, 2.45) is 0 Å². The zero-order chi connectivity index (χ0) is 17.5. The van der Waals surface area contributed by atoms with Gasteiger partial charge in [-0.3, -0.25) is 4.79 Å². The van der Waals surface area contributed by atoms with E-state index >= 15 is 0 Å². The predicted molar refractivity (Wildman–Crippen MR) is 101 cm³/mol. The summed E-state index contributed by atoms with van der Waals surface area (Å²) in [5, 5.41) is 3.05. The number of amides is 1. The Labute approximate surface area is 150 Å². The summed E-state index contributed by atoms with van der Waals surface area (Å²) in [4.78, 5) is 15.6. The van der Waals surface area contributed by atoms with Gasteiger partial charge in [-0.15, -0.1) is 0 Å². The van der Waals surface area contributed by atoms with Crippen LogP contribution in [0.1, 0.15) is 16.8 Å². The molecule has 3 N–H and O–H groups in total. The molecule has 1 amide bonds. The number of carbonyl (C=O) groups is 1. The summed E-state index contributed by atoms with van der Waals surface area (Å²) in [7, 11) is 2.26. The van der Waals surface area contributed by atoms with Crippen molar-refractivity contribution >= 4 is 5.91 Å². The average Bonchev–Trinajstić information content (AvgIpc) is 2.67. The van der Waals surface area contributed by atoms with Crippen LogP contribution in [-0.2, 0) is 0 Å². The summed E-state index contributed by atoms with van der Waals surface area (Å²) >= 11 is 0. The average molecular weight is 339 g/mol. The monoisotopic (exact) mass is 339 g/mol. The number of benzene rings is 2. The third kappa shape index (κ3) is 5.15. The summed E-state index contributed by atoms with van der Waals surface area (Å²) in [6.07, 6.45) is 1.04. The van der Waals surface area contributed by atoms with Gasteiger partial charge < -0.3 is 15.1 Å². The number of carbonyl (C=O) groups excluding carboxylic acids is 1. The second-order valence-corrected chi connectivity index (χ2v) is 7.01. The molecule has 2 aromatic carbocycles. The normalized spacial score (nSPS) is 20.2. The fourth-order valence-corrected chi connectivity index (χ4v) is 3.37. The maximum Gasteiger partial charge on any atom is 0.251 e. The van der Waals surface area contributed by atoms with E-state index in [4.69, 9.17) is 0 Å². The van der Waals surface area contributed by atoms with Crippen LogP contribution in [0.4, 0.5) is 0 Å². The Bertz CT molecular complexity index is 661. The highest BCUT2D eigenvalue weighted by atomic mass is 16.1. The zero-order valence-corrected chi connectivity index (χ0v) is 15.1. The molecule has 0 atom stereocenters. The highest BCUT2D eigenvalue weighted by molar-refractivity contribution is 5.94. The van der Waals surface area contributed by atoms with Gasteiger partial charge in [-0.25, -0.2) is 0 Å². The highest BCUT2D eigenvalue weighted by Crippen LogP contribution is 2.19. The summed E-state index contributed by atoms with van der Waals surface area (Å²) < 4.78 is 0. The first-order chi connectivity index (χ1) is 12.2. The van der Waals surface area contributed by atoms with Crippen LogP contribution in [0.25, 0.3) is 11.1 Å². The smallest absolute Gasteiger partial charge is 0.251 e. The Morgan fingerprint density at radius 1 is 0.920 bits per heavy atom. The molecule has 1 aliphatic heterocycles. The molecular weight excluding hydrogens is 310 g/mol. The molecule has 1 saturated heterocycles. The maximum atomic E-state index is 12.3. The molecule has 4 heteroatoms. The van der Waals surface area contributed by atoms with Crippen LogP contribution in [0.2, 0.25) is 0 Å². The first-order valence-corrected chi connectivity index (χ1v) is 9.31. The van der Waals surface area contributed by atoms with Crippen LogP contribution in [0.5, 0.6) is 0 Å². The van der Waals surface area contributed by atoms with Gasteiger partial charge >= 0.3 is 0 Å². The summed E-state index contributed by atoms with van der Waals surface area (Å²) in [6, 6.07) is 18.1. The van der Waals surface area contributed by atoms with Gasteiger partial charge in [0.2, 0.25) is 0 Å². The van der Waals surface area contributed by atoms with Gasteiger partial charge in [0.05, 0.1) is 13.6 Å². The van der Waals surface area contributed by atoms with Crippen molar-refractivity contribution < 1.29 is 14.6 Å². The minimum Gasteiger partial charge on any atom is -0.352 e. The van der Waals surface area contributed by atoms with Gasteiger partial charge in [-0.2, -0.15) is 0 Å². The Hall–Kier alpha value is -2.17. The quantitative estimate of drug-likeness (QED) is 0.631. The molecule has 0 saturated carbocycles. The lowest BCUT2D eigenvalue weighted by atomic mass is 10.0. The molecule has 1 fully saturated rings. The van der Waals surface area contributed by atoms with Crippen molar-refractivity contribution in [1.82, 2.24) is 5.32 Å². The van der Waals surface area contributed by atoms with E-state index in [9.17, 15) is 4.79 Å². The summed E-state index contributed by atoms with van der Waals surface area (Å²) in [5.74, 6) is 0.0254. The van der Waals surface area contributed by atoms with Crippen LogP contribution in [0.15, 0.2) is 54.6 Å². The van der Waals surface area contributed by atoms with Crippen LogP contribution >= 0.6 is 0 Å². The fourth-order valence-electron chi connectivity index (χ4n) is 3.37. The van der Waals surface area contributed by atoms with Crippen LogP contribution in [-0.4, -0.2) is 52.2 Å². The molecule has 0 aliphatic carbocycles. The van der Waals surface area contributed by atoms with Crippen LogP contribution in [0, 0.1) is 0 Å². The lowest BCUT2D eigenvalue weighted by Crippen LogP contribution is -3.27. The molecule has 4 nitrogen and oxygen atoms in total. The number of nitrogens with one attached hydrogen (secondary N) is 3. The summed E-state index contributed by atoms with van der Waals surface area (Å²) in [5.41, 5.74) is 3.04. The zero-order valence-electron chi connectivity index (χ0n) is 15.1. The van der Waals surface area contributed by atoms with E-state index in [1.165, 1.54) is 31.7 Å². The standard InChI is InChI=1S/C21H27N3O/c1-23-14-16-24(17-15-23)13-5-12-22-21(25)20-10-8-19(9-11-20)18-6-3-2-4-7-18/h2-4,6-11H,5,12-17H2,1H3,(H,22,25)/p+2. The first-order valence-electron chi connectivity index (χ1n) is 9.31. The van der Waals surface area contributed by atoms with Gasteiger partial charge in [0.15, 0.2) is 0 Å². The van der Waals surface area contributed by atoms with Crippen LogP contribution < -0.4 is 15.1 Å². The molecule has 2 aromatic rings. The molecule has 132 valence electrons. The Morgan fingerprint density at radius 3 is 2.24 bits per heavy atom. The van der Waals surface area contributed by atoms with Crippen molar-refractivity contribution in [3.63, 3.8) is 0 Å². The van der Waals surface area contributed by atoms with E-state index in [1.54, 1.807) is 9.80 Å². The number of hydrogen-bond donors (Lipinski definition) is 3. The van der Waals surface area contributed by atoms with Gasteiger partial charge in [0.25, 0.3) is 5.91 Å². The topological polar surface area (TPSA) is 38.0 Å². The van der Waals surface area contributed by atoms with E-state index in [-0.39, 0.29) is 5.91 Å². The number of quaternary nitrogens is 2. The number of hydrogen-bond acceptors (Lipinski definition) is 1. The Balaban J connectivity index is 1.42. The molecule has 3 rings (SSSR count). The molecule has 0 unspecified atom stereocenters. The number of likely N-dealkylation sites (N-methyl/N-ethyl adjacent to an activating group) is 1. The Morgan fingerprint density at radius 2 is 1.56 bits per heavy atom. The first kappa shape index (κ1) is 17.6. The molecule has 0 spiro atoms. The number of piperazine rings is 1. The van der Waals surface area contributed by atoms with Crippen molar-refractivity contribution in [3.8, 4) is 11.1 Å². The largest absolute Gasteiger partial charge is 0.352 e. The summed E-state index contributed by atoms with van der Waals surface area (Å²) in [6.45, 7) is 6.93. The highest BCUT2D eigenvalue weighted by Gasteiger charge is 2.19. The molecule has 0 aromatic heterocycles. The lowest BCUT2D eigenvalue weighted by Gasteiger charge is -2.27. The third-order valence-corrected chi connectivity index (χ3v) is 5.06. The molecule has 0 bridgehead atoms. The maximum absolute atomic E-state index is 12.3. The molecule has 1 heterocycles. The van der Waals surface area contributed by atoms with Crippen LogP contribution in [0.3, 0.4) is 0 Å². The van der Waals surface area contributed by atoms with Crippen molar-refractivity contribution in [1.29, 1.82) is 0 Å². The van der Waals surface area contributed by atoms with Gasteiger partial charge in [-0.1, -0.05) is 42.5 Å². The van der Waals surface area contributed by atoms with Gasteiger partial charge in [-0.05, 0) is 23.3 Å². The van der Waals surface area contributed by atoms with Crippen molar-refractivity contribution in [3.05, 3.63) is 60.2 Å². The predicted octanol–water partition coefficient (Wildman–Crippen LogP) is -0.113. The van der Waals surface area contributed by atoms with Crippen molar-refractivity contribution in [2.75, 3.05) is 46.3 Å². The van der Waals surface area contributed by atoms with Crippen molar-refractivity contribution in [2.45, 2.75) is 6.42 Å². The van der Waals surface area contributed by atoms with E-state index in [2.05, 4.69) is 24.5 Å². The molecule has 0 radical (unpaired) electrons. The van der Waals surface area contributed by atoms with Gasteiger partial charge in [0.1, 0.15) is 26.2 Å². The fraction of sp³-hybridized carbons (Fsp3) is 0.381. The van der Waals surface area contributed by atoms with Gasteiger partial charge in [0, 0.05) is 18.5 Å². The third-order valence-electron chi connectivity index (χ3n) is 5.06. The van der Waals surface area contributed by atoms with E-state index in [0.29, 0.717) is 0 Å². The molecule has 1 aliphatic rings. The number of rotatable bonds is 6. The second kappa shape index (κ2) is 8.79. The minimum absolute atomic E-state index is 0.0254. The molecule has 25 heavy (non-hydrogen) atoms. The van der Waals surface area contributed by atoms with E-state index in [0.717, 1.165) is 30.6 Å².